The number of rotatable bonds is 26. The van der Waals surface area contributed by atoms with Gasteiger partial charge in [-0.05, 0) is 52.4 Å². The summed E-state index contributed by atoms with van der Waals surface area (Å²) in [6.45, 7) is 8.22. The zero-order valence-corrected chi connectivity index (χ0v) is 24.8. The van der Waals surface area contributed by atoms with E-state index in [4.69, 9.17) is 0 Å². The SMILES string of the molecule is CCCCCCC/C=C/CCCCCCCCCC[N+](CC(C)C(=O)[O-])(CC(C)C(=O)O)CC(C)C(=O)O. The average Bonchev–Trinajstić information content (AvgIpc) is 2.85. The lowest BCUT2D eigenvalue weighted by Gasteiger charge is -2.43. The molecule has 3 unspecified atom stereocenters. The second-order valence-electron chi connectivity index (χ2n) is 11.6. The molecule has 0 spiro atoms. The molecule has 7 nitrogen and oxygen atoms in total. The van der Waals surface area contributed by atoms with Crippen molar-refractivity contribution in [3.05, 3.63) is 12.2 Å². The number of hydrogen-bond donors (Lipinski definition) is 2. The third-order valence-electron chi connectivity index (χ3n) is 7.62. The van der Waals surface area contributed by atoms with E-state index in [0.717, 1.165) is 25.7 Å². The van der Waals surface area contributed by atoms with Crippen molar-refractivity contribution in [1.82, 2.24) is 0 Å². The Hall–Kier alpha value is -1.89. The maximum atomic E-state index is 11.6. The van der Waals surface area contributed by atoms with E-state index in [-0.39, 0.29) is 24.1 Å². The standard InChI is InChI=1S/C31H57NO6/c1-5-6-7-8-9-10-11-12-13-14-15-16-17-18-19-20-21-22-32(23-26(2)29(33)34,24-27(3)30(35)36)25-28(4)31(37)38/h11-12,26-28H,5-10,13-25H2,1-4H3,(H2-,33,34,35,36,37,38)/b12-11+. The summed E-state index contributed by atoms with van der Waals surface area (Å²) in [5.74, 6) is -5.24. The van der Waals surface area contributed by atoms with E-state index >= 15 is 0 Å². The Bertz CT molecular complexity index is 622. The normalized spacial score (nSPS) is 15.7. The van der Waals surface area contributed by atoms with Crippen molar-refractivity contribution in [3.8, 4) is 0 Å². The maximum absolute atomic E-state index is 11.6. The fourth-order valence-corrected chi connectivity index (χ4v) is 5.34. The van der Waals surface area contributed by atoms with Crippen LogP contribution in [0.15, 0.2) is 12.2 Å². The highest BCUT2D eigenvalue weighted by atomic mass is 16.4. The number of carbonyl (C=O) groups excluding carboxylic acids is 1. The number of aliphatic carboxylic acids is 3. The van der Waals surface area contributed by atoms with Crippen LogP contribution in [0.25, 0.3) is 0 Å². The molecule has 0 aliphatic rings. The van der Waals surface area contributed by atoms with Gasteiger partial charge >= 0.3 is 11.9 Å². The number of allylic oxidation sites excluding steroid dienone is 2. The van der Waals surface area contributed by atoms with Gasteiger partial charge in [0.25, 0.3) is 0 Å². The summed E-state index contributed by atoms with van der Waals surface area (Å²) < 4.78 is 0.183. The molecule has 2 N–H and O–H groups in total. The van der Waals surface area contributed by atoms with Gasteiger partial charge in [-0.15, -0.1) is 0 Å². The number of carboxylic acid groups (broad SMARTS) is 3. The van der Waals surface area contributed by atoms with E-state index in [1.165, 1.54) is 70.6 Å². The molecule has 38 heavy (non-hydrogen) atoms. The summed E-state index contributed by atoms with van der Waals surface area (Å²) in [4.78, 5) is 34.7. The van der Waals surface area contributed by atoms with Crippen LogP contribution in [0.1, 0.15) is 124 Å². The predicted molar refractivity (Wildman–Crippen MR) is 152 cm³/mol. The third-order valence-corrected chi connectivity index (χ3v) is 7.62. The molecule has 0 aromatic heterocycles. The average molecular weight is 540 g/mol. The Morgan fingerprint density at radius 2 is 1.00 bits per heavy atom. The molecular weight excluding hydrogens is 482 g/mol. The van der Waals surface area contributed by atoms with Gasteiger partial charge in [0, 0.05) is 11.9 Å². The highest BCUT2D eigenvalue weighted by molar-refractivity contribution is 5.70. The molecule has 0 aliphatic heterocycles. The first-order valence-corrected chi connectivity index (χ1v) is 15.2. The van der Waals surface area contributed by atoms with E-state index in [9.17, 15) is 29.7 Å². The Kier molecular flexibility index (Phi) is 20.9. The summed E-state index contributed by atoms with van der Waals surface area (Å²) in [5, 5.41) is 30.5. The maximum Gasteiger partial charge on any atom is 0.311 e. The highest BCUT2D eigenvalue weighted by Crippen LogP contribution is 2.22. The summed E-state index contributed by atoms with van der Waals surface area (Å²) in [6, 6.07) is 0. The second kappa shape index (κ2) is 22.0. The van der Waals surface area contributed by atoms with E-state index in [0.29, 0.717) is 6.54 Å². The molecule has 0 rings (SSSR count). The molecule has 3 atom stereocenters. The van der Waals surface area contributed by atoms with Crippen LogP contribution in [0.4, 0.5) is 0 Å². The minimum absolute atomic E-state index is 0.183. The summed E-state index contributed by atoms with van der Waals surface area (Å²) in [5.41, 5.74) is 0. The van der Waals surface area contributed by atoms with Crippen molar-refractivity contribution >= 4 is 17.9 Å². The van der Waals surface area contributed by atoms with Crippen molar-refractivity contribution in [1.29, 1.82) is 0 Å². The zero-order chi connectivity index (χ0) is 28.8. The summed E-state index contributed by atoms with van der Waals surface area (Å²) in [6.07, 6.45) is 22.7. The lowest BCUT2D eigenvalue weighted by molar-refractivity contribution is -0.934. The molecule has 0 aromatic carbocycles. The first kappa shape index (κ1) is 36.1. The molecule has 7 heteroatoms. The molecule has 0 aromatic rings. The van der Waals surface area contributed by atoms with Gasteiger partial charge in [-0.1, -0.05) is 83.8 Å². The van der Waals surface area contributed by atoms with Gasteiger partial charge in [0.1, 0.15) is 11.8 Å². The lowest BCUT2D eigenvalue weighted by atomic mass is 10.00. The fraction of sp³-hybridized carbons (Fsp3) is 0.839. The molecule has 0 saturated carbocycles. The van der Waals surface area contributed by atoms with Crippen molar-refractivity contribution in [2.24, 2.45) is 17.8 Å². The summed E-state index contributed by atoms with van der Waals surface area (Å²) >= 11 is 0. The van der Waals surface area contributed by atoms with Crippen LogP contribution in [-0.4, -0.2) is 58.8 Å². The number of hydrogen-bond acceptors (Lipinski definition) is 4. The van der Waals surface area contributed by atoms with Gasteiger partial charge in [-0.3, -0.25) is 9.59 Å². The Labute approximate surface area is 232 Å². The van der Waals surface area contributed by atoms with Crippen LogP contribution >= 0.6 is 0 Å². The van der Waals surface area contributed by atoms with E-state index < -0.39 is 35.7 Å². The van der Waals surface area contributed by atoms with Gasteiger partial charge in [0.05, 0.1) is 26.2 Å². The number of nitrogens with zero attached hydrogens (tertiary/aromatic N) is 1. The highest BCUT2D eigenvalue weighted by Gasteiger charge is 2.36. The van der Waals surface area contributed by atoms with E-state index in [2.05, 4.69) is 19.1 Å². The third kappa shape index (κ3) is 18.4. The Morgan fingerprint density at radius 1 is 0.632 bits per heavy atom. The number of carboxylic acids is 3. The quantitative estimate of drug-likeness (QED) is 0.0784. The first-order chi connectivity index (χ1) is 18.0. The first-order valence-electron chi connectivity index (χ1n) is 15.2. The zero-order valence-electron chi connectivity index (χ0n) is 24.8. The Morgan fingerprint density at radius 3 is 1.39 bits per heavy atom. The number of carbonyl (C=O) groups is 3. The van der Waals surface area contributed by atoms with Crippen LogP contribution in [0.5, 0.6) is 0 Å². The van der Waals surface area contributed by atoms with Crippen molar-refractivity contribution in [2.45, 2.75) is 124 Å². The fourth-order valence-electron chi connectivity index (χ4n) is 5.34. The lowest BCUT2D eigenvalue weighted by Crippen LogP contribution is -2.58. The molecule has 0 aliphatic carbocycles. The van der Waals surface area contributed by atoms with Gasteiger partial charge in [-0.2, -0.15) is 0 Å². The molecule has 0 bridgehead atoms. The number of quaternary nitrogens is 1. The molecule has 0 amide bonds. The minimum atomic E-state index is -1.18. The topological polar surface area (TPSA) is 115 Å². The summed E-state index contributed by atoms with van der Waals surface area (Å²) in [7, 11) is 0. The molecule has 0 fully saturated rings. The molecule has 0 heterocycles. The van der Waals surface area contributed by atoms with Gasteiger partial charge in [0.2, 0.25) is 0 Å². The van der Waals surface area contributed by atoms with Crippen LogP contribution in [-0.2, 0) is 14.4 Å². The van der Waals surface area contributed by atoms with Crippen molar-refractivity contribution in [3.63, 3.8) is 0 Å². The minimum Gasteiger partial charge on any atom is -0.550 e. The van der Waals surface area contributed by atoms with E-state index in [1.807, 2.05) is 0 Å². The Balaban J connectivity index is 4.45. The van der Waals surface area contributed by atoms with Crippen LogP contribution in [0, 0.1) is 17.8 Å². The van der Waals surface area contributed by atoms with Gasteiger partial charge in [0.15, 0.2) is 0 Å². The monoisotopic (exact) mass is 539 g/mol. The predicted octanol–water partition coefficient (Wildman–Crippen LogP) is 6.06. The molecular formula is C31H57NO6. The smallest absolute Gasteiger partial charge is 0.311 e. The van der Waals surface area contributed by atoms with Crippen molar-refractivity contribution in [2.75, 3.05) is 26.2 Å². The van der Waals surface area contributed by atoms with E-state index in [1.54, 1.807) is 20.8 Å². The largest absolute Gasteiger partial charge is 0.550 e. The van der Waals surface area contributed by atoms with Crippen LogP contribution in [0.3, 0.4) is 0 Å². The second-order valence-corrected chi connectivity index (χ2v) is 11.6. The van der Waals surface area contributed by atoms with Gasteiger partial charge < -0.3 is 24.6 Å². The van der Waals surface area contributed by atoms with Crippen molar-refractivity contribution < 1.29 is 34.2 Å². The van der Waals surface area contributed by atoms with Gasteiger partial charge in [-0.25, -0.2) is 0 Å². The van der Waals surface area contributed by atoms with Crippen LogP contribution in [0.2, 0.25) is 0 Å². The number of unbranched alkanes of at least 4 members (excludes halogenated alkanes) is 13. The molecule has 0 radical (unpaired) electrons. The molecule has 222 valence electrons. The van der Waals surface area contributed by atoms with Crippen LogP contribution < -0.4 is 5.11 Å². The molecule has 0 saturated heterocycles.